The van der Waals surface area contributed by atoms with Crippen LogP contribution in [0.5, 0.6) is 0 Å². The maximum absolute atomic E-state index is 5.77. The summed E-state index contributed by atoms with van der Waals surface area (Å²) in [5.41, 5.74) is 2.98. The van der Waals surface area contributed by atoms with Gasteiger partial charge in [0.2, 0.25) is 0 Å². The minimum atomic E-state index is 0.188. The SMILES string of the molecule is COCN(C(=S)NC1c2cc(Br)ccc2CC12CCC(OC)CC2)N(C)C. The van der Waals surface area contributed by atoms with Crippen LogP contribution in [-0.2, 0) is 15.9 Å². The van der Waals surface area contributed by atoms with E-state index in [4.69, 9.17) is 21.7 Å². The summed E-state index contributed by atoms with van der Waals surface area (Å²) < 4.78 is 12.1. The van der Waals surface area contributed by atoms with Crippen molar-refractivity contribution in [2.75, 3.05) is 35.0 Å². The molecule has 2 aliphatic carbocycles. The van der Waals surface area contributed by atoms with Crippen LogP contribution < -0.4 is 5.32 Å². The van der Waals surface area contributed by atoms with Crippen molar-refractivity contribution in [3.8, 4) is 0 Å². The van der Waals surface area contributed by atoms with E-state index in [1.165, 1.54) is 11.1 Å². The number of hydrogen-bond acceptors (Lipinski definition) is 4. The minimum absolute atomic E-state index is 0.188. The zero-order chi connectivity index (χ0) is 19.6. The normalized spacial score (nSPS) is 27.0. The highest BCUT2D eigenvalue weighted by molar-refractivity contribution is 9.10. The summed E-state index contributed by atoms with van der Waals surface area (Å²) in [6.07, 6.45) is 5.97. The van der Waals surface area contributed by atoms with Crippen LogP contribution in [0.25, 0.3) is 0 Å². The van der Waals surface area contributed by atoms with Gasteiger partial charge in [-0.3, -0.25) is 5.01 Å². The second-order valence-corrected chi connectivity index (χ2v) is 9.17. The van der Waals surface area contributed by atoms with Crippen molar-refractivity contribution in [3.63, 3.8) is 0 Å². The Morgan fingerprint density at radius 1 is 1.30 bits per heavy atom. The monoisotopic (exact) mass is 455 g/mol. The number of fused-ring (bicyclic) bond motifs is 1. The van der Waals surface area contributed by atoms with Crippen molar-refractivity contribution in [3.05, 3.63) is 33.8 Å². The summed E-state index contributed by atoms with van der Waals surface area (Å²) >= 11 is 9.42. The molecular weight excluding hydrogens is 426 g/mol. The number of rotatable bonds is 5. The van der Waals surface area contributed by atoms with Gasteiger partial charge >= 0.3 is 0 Å². The van der Waals surface area contributed by atoms with Crippen molar-refractivity contribution in [2.24, 2.45) is 5.41 Å². The average Bonchev–Trinajstić information content (AvgIpc) is 2.92. The second-order valence-electron chi connectivity index (χ2n) is 7.86. The van der Waals surface area contributed by atoms with Gasteiger partial charge in [0, 0.05) is 32.8 Å². The number of hydrazine groups is 1. The highest BCUT2D eigenvalue weighted by atomic mass is 79.9. The zero-order valence-electron chi connectivity index (χ0n) is 16.6. The lowest BCUT2D eigenvalue weighted by molar-refractivity contribution is -0.00897. The van der Waals surface area contributed by atoms with E-state index in [1.807, 2.05) is 31.2 Å². The fraction of sp³-hybridized carbons (Fsp3) is 0.650. The molecule has 0 radical (unpaired) electrons. The predicted octanol–water partition coefficient (Wildman–Crippen LogP) is 3.88. The molecule has 1 aromatic carbocycles. The number of nitrogens with zero attached hydrogens (tertiary/aromatic N) is 2. The first-order chi connectivity index (χ1) is 12.9. The third-order valence-corrected chi connectivity index (χ3v) is 6.89. The number of benzene rings is 1. The maximum atomic E-state index is 5.77. The Morgan fingerprint density at radius 3 is 2.59 bits per heavy atom. The number of hydrogen-bond donors (Lipinski definition) is 1. The molecular formula is C20H30BrN3O2S. The highest BCUT2D eigenvalue weighted by Crippen LogP contribution is 2.54. The van der Waals surface area contributed by atoms with Gasteiger partial charge in [-0.2, -0.15) is 0 Å². The van der Waals surface area contributed by atoms with Crippen LogP contribution in [0.15, 0.2) is 22.7 Å². The summed E-state index contributed by atoms with van der Waals surface area (Å²) in [5, 5.41) is 8.30. The molecule has 1 atom stereocenters. The van der Waals surface area contributed by atoms with Crippen LogP contribution in [-0.4, -0.2) is 56.3 Å². The van der Waals surface area contributed by atoms with Gasteiger partial charge in [-0.15, -0.1) is 0 Å². The van der Waals surface area contributed by atoms with E-state index in [0.717, 1.165) is 36.6 Å². The molecule has 1 spiro atoms. The third kappa shape index (κ3) is 4.32. The van der Waals surface area contributed by atoms with E-state index in [0.29, 0.717) is 17.9 Å². The van der Waals surface area contributed by atoms with E-state index in [9.17, 15) is 0 Å². The lowest BCUT2D eigenvalue weighted by Gasteiger charge is -2.43. The van der Waals surface area contributed by atoms with Gasteiger partial charge in [-0.1, -0.05) is 22.0 Å². The van der Waals surface area contributed by atoms with Gasteiger partial charge in [0.05, 0.1) is 12.1 Å². The Kier molecular flexibility index (Phi) is 6.79. The van der Waals surface area contributed by atoms with Gasteiger partial charge in [0.1, 0.15) is 6.73 Å². The van der Waals surface area contributed by atoms with Crippen LogP contribution in [0.1, 0.15) is 42.9 Å². The highest BCUT2D eigenvalue weighted by Gasteiger charge is 2.48. The molecule has 2 aliphatic rings. The van der Waals surface area contributed by atoms with E-state index >= 15 is 0 Å². The molecule has 3 rings (SSSR count). The molecule has 0 saturated heterocycles. The Balaban J connectivity index is 1.88. The quantitative estimate of drug-likeness (QED) is 0.412. The summed E-state index contributed by atoms with van der Waals surface area (Å²) in [4.78, 5) is 0. The summed E-state index contributed by atoms with van der Waals surface area (Å²) in [6.45, 7) is 0.426. The topological polar surface area (TPSA) is 37.0 Å². The average molecular weight is 456 g/mol. The molecule has 150 valence electrons. The standard InChI is InChI=1S/C20H30BrN3O2S/c1-23(2)24(13-25-3)19(27)22-18-17-11-15(21)6-5-14(17)12-20(18)9-7-16(26-4)8-10-20/h5-6,11,16,18H,7-10,12-13H2,1-4H3,(H,22,27). The number of methoxy groups -OCH3 is 2. The molecule has 0 heterocycles. The van der Waals surface area contributed by atoms with Crippen LogP contribution in [0.2, 0.25) is 0 Å². The Morgan fingerprint density at radius 2 is 2.00 bits per heavy atom. The molecule has 1 aromatic rings. The zero-order valence-corrected chi connectivity index (χ0v) is 19.0. The molecule has 0 aromatic heterocycles. The maximum Gasteiger partial charge on any atom is 0.186 e. The van der Waals surface area contributed by atoms with Crippen LogP contribution in [0.3, 0.4) is 0 Å². The molecule has 0 bridgehead atoms. The first-order valence-electron chi connectivity index (χ1n) is 9.45. The van der Waals surface area contributed by atoms with Gasteiger partial charge < -0.3 is 14.8 Å². The van der Waals surface area contributed by atoms with Crippen molar-refractivity contribution in [1.29, 1.82) is 0 Å². The summed E-state index contributed by atoms with van der Waals surface area (Å²) in [5.74, 6) is 0. The van der Waals surface area contributed by atoms with Gasteiger partial charge in [0.15, 0.2) is 5.11 Å². The smallest absolute Gasteiger partial charge is 0.186 e. The van der Waals surface area contributed by atoms with Crippen molar-refractivity contribution >= 4 is 33.3 Å². The third-order valence-electron chi connectivity index (χ3n) is 6.07. The van der Waals surface area contributed by atoms with Gasteiger partial charge in [-0.05, 0) is 73.0 Å². The van der Waals surface area contributed by atoms with E-state index in [-0.39, 0.29) is 11.5 Å². The molecule has 1 saturated carbocycles. The van der Waals surface area contributed by atoms with Crippen LogP contribution in [0, 0.1) is 5.41 Å². The number of thiocarbonyl (C=S) groups is 1. The predicted molar refractivity (Wildman–Crippen MR) is 115 cm³/mol. The number of nitrogens with one attached hydrogen (secondary N) is 1. The lowest BCUT2D eigenvalue weighted by atomic mass is 9.68. The van der Waals surface area contributed by atoms with E-state index in [1.54, 1.807) is 7.11 Å². The van der Waals surface area contributed by atoms with Gasteiger partial charge in [0.25, 0.3) is 0 Å². The summed E-state index contributed by atoms with van der Waals surface area (Å²) in [7, 11) is 7.47. The lowest BCUT2D eigenvalue weighted by Crippen LogP contribution is -2.51. The fourth-order valence-corrected chi connectivity index (χ4v) is 5.29. The number of halogens is 1. The van der Waals surface area contributed by atoms with E-state index in [2.05, 4.69) is 39.4 Å². The van der Waals surface area contributed by atoms with Crippen molar-refractivity contribution < 1.29 is 9.47 Å². The molecule has 1 fully saturated rings. The Hall–Kier alpha value is -0.730. The first-order valence-corrected chi connectivity index (χ1v) is 10.7. The van der Waals surface area contributed by atoms with Crippen LogP contribution >= 0.6 is 28.1 Å². The van der Waals surface area contributed by atoms with Crippen molar-refractivity contribution in [2.45, 2.75) is 44.2 Å². The molecule has 1 unspecified atom stereocenters. The minimum Gasteiger partial charge on any atom is -0.381 e. The molecule has 5 nitrogen and oxygen atoms in total. The Bertz CT molecular complexity index is 677. The molecule has 27 heavy (non-hydrogen) atoms. The van der Waals surface area contributed by atoms with Crippen LogP contribution in [0.4, 0.5) is 0 Å². The molecule has 1 N–H and O–H groups in total. The van der Waals surface area contributed by atoms with Gasteiger partial charge in [-0.25, -0.2) is 5.01 Å². The Labute approximate surface area is 176 Å². The first kappa shape index (κ1) is 21.0. The van der Waals surface area contributed by atoms with Crippen molar-refractivity contribution in [1.82, 2.24) is 15.3 Å². The molecule has 0 aliphatic heterocycles. The molecule has 7 heteroatoms. The fourth-order valence-electron chi connectivity index (χ4n) is 4.58. The number of ether oxygens (including phenoxy) is 2. The summed E-state index contributed by atoms with van der Waals surface area (Å²) in [6, 6.07) is 6.86. The molecule has 0 amide bonds. The van der Waals surface area contributed by atoms with E-state index < -0.39 is 0 Å². The second kappa shape index (κ2) is 8.74. The largest absolute Gasteiger partial charge is 0.381 e.